The maximum atomic E-state index is 12.5. The van der Waals surface area contributed by atoms with E-state index in [-0.39, 0.29) is 13.8 Å². The summed E-state index contributed by atoms with van der Waals surface area (Å²) in [5.74, 6) is 0. The highest BCUT2D eigenvalue weighted by Crippen LogP contribution is 2.25. The first-order chi connectivity index (χ1) is 8.10. The average Bonchev–Trinajstić information content (AvgIpc) is 2.10. The summed E-state index contributed by atoms with van der Waals surface area (Å²) in [5, 5.41) is -8.42. The monoisotopic (exact) mass is 332 g/mol. The summed E-state index contributed by atoms with van der Waals surface area (Å²) in [6, 6.07) is 0. The van der Waals surface area contributed by atoms with E-state index in [1.165, 1.54) is 0 Å². The quantitative estimate of drug-likeness (QED) is 0.516. The second kappa shape index (κ2) is 5.50. The number of hydrogen-bond donors (Lipinski definition) is 0. The van der Waals surface area contributed by atoms with Crippen molar-refractivity contribution in [2.45, 2.75) is 37.4 Å². The fraction of sp³-hybridized carbons (Fsp3) is 1.00. The predicted octanol–water partition coefficient (Wildman–Crippen LogP) is 1.29. The molecular formula is C7H12F4O6S2. The van der Waals surface area contributed by atoms with Crippen molar-refractivity contribution < 1.29 is 42.8 Å². The minimum absolute atomic E-state index is 0.0464. The Morgan fingerprint density at radius 2 is 1.32 bits per heavy atom. The van der Waals surface area contributed by atoms with Gasteiger partial charge in [0.2, 0.25) is 0 Å². The van der Waals surface area contributed by atoms with Crippen LogP contribution in [0.2, 0.25) is 0 Å². The first-order valence-corrected chi connectivity index (χ1v) is 7.49. The molecule has 0 aromatic heterocycles. The Kier molecular flexibility index (Phi) is 5.37. The highest BCUT2D eigenvalue weighted by molar-refractivity contribution is 7.88. The van der Waals surface area contributed by atoms with E-state index in [0.29, 0.717) is 0 Å². The van der Waals surface area contributed by atoms with Crippen LogP contribution in [0, 0.1) is 0 Å². The number of hydrogen-bond acceptors (Lipinski definition) is 6. The molecule has 0 saturated carbocycles. The summed E-state index contributed by atoms with van der Waals surface area (Å²) in [6.07, 6.45) is -1.69. The SMILES string of the molecule is CC(COS(=O)(=O)C(C)(F)F)OS(=O)(=O)C(C)(F)F. The minimum Gasteiger partial charge on any atom is -0.263 e. The van der Waals surface area contributed by atoms with Crippen molar-refractivity contribution in [3.05, 3.63) is 0 Å². The Balaban J connectivity index is 4.66. The molecule has 0 fully saturated rings. The molecule has 0 bridgehead atoms. The zero-order valence-electron chi connectivity index (χ0n) is 10.1. The Hall–Kier alpha value is -0.460. The van der Waals surface area contributed by atoms with E-state index in [2.05, 4.69) is 8.37 Å². The van der Waals surface area contributed by atoms with Crippen LogP contribution in [0.1, 0.15) is 20.8 Å². The summed E-state index contributed by atoms with van der Waals surface area (Å²) in [7, 11) is -10.6. The van der Waals surface area contributed by atoms with E-state index in [1.54, 1.807) is 0 Å². The Labute approximate surface area is 107 Å². The molecule has 1 atom stereocenters. The third kappa shape index (κ3) is 5.20. The molecule has 0 aliphatic carbocycles. The standard InChI is InChI=1S/C7H12F4O6S2/c1-5(17-19(14,15)7(3,10)11)4-16-18(12,13)6(2,8)9/h5H,4H2,1-3H3. The van der Waals surface area contributed by atoms with Crippen LogP contribution in [0.4, 0.5) is 17.6 Å². The lowest BCUT2D eigenvalue weighted by molar-refractivity contribution is 0.0636. The molecule has 0 amide bonds. The van der Waals surface area contributed by atoms with Gasteiger partial charge in [-0.3, -0.25) is 8.37 Å². The van der Waals surface area contributed by atoms with E-state index in [4.69, 9.17) is 0 Å². The zero-order chi connectivity index (χ0) is 15.7. The van der Waals surface area contributed by atoms with Gasteiger partial charge in [0.15, 0.2) is 0 Å². The lowest BCUT2D eigenvalue weighted by atomic mass is 10.5. The van der Waals surface area contributed by atoms with Crippen LogP contribution in [-0.4, -0.2) is 40.1 Å². The van der Waals surface area contributed by atoms with Gasteiger partial charge in [0, 0.05) is 13.8 Å². The average molecular weight is 332 g/mol. The molecule has 0 aliphatic heterocycles. The van der Waals surface area contributed by atoms with Gasteiger partial charge >= 0.3 is 30.7 Å². The Morgan fingerprint density at radius 3 is 1.63 bits per heavy atom. The lowest BCUT2D eigenvalue weighted by Crippen LogP contribution is -2.34. The second-order valence-corrected chi connectivity index (χ2v) is 7.39. The predicted molar refractivity (Wildman–Crippen MR) is 55.6 cm³/mol. The van der Waals surface area contributed by atoms with Crippen molar-refractivity contribution in [2.75, 3.05) is 6.61 Å². The molecule has 0 spiro atoms. The lowest BCUT2D eigenvalue weighted by Gasteiger charge is -2.17. The van der Waals surface area contributed by atoms with Crippen LogP contribution in [0.3, 0.4) is 0 Å². The van der Waals surface area contributed by atoms with Gasteiger partial charge < -0.3 is 0 Å². The first-order valence-electron chi connectivity index (χ1n) is 4.67. The molecule has 0 N–H and O–H groups in total. The molecule has 19 heavy (non-hydrogen) atoms. The number of halogens is 4. The summed E-state index contributed by atoms with van der Waals surface area (Å²) >= 11 is 0. The van der Waals surface area contributed by atoms with Crippen molar-refractivity contribution in [1.29, 1.82) is 0 Å². The first kappa shape index (κ1) is 18.5. The molecule has 0 aromatic carbocycles. The highest BCUT2D eigenvalue weighted by Gasteiger charge is 2.43. The van der Waals surface area contributed by atoms with Crippen molar-refractivity contribution >= 4 is 20.2 Å². The summed E-state index contributed by atoms with van der Waals surface area (Å²) < 4.78 is 101. The third-order valence-electron chi connectivity index (χ3n) is 1.63. The van der Waals surface area contributed by atoms with E-state index in [9.17, 15) is 34.4 Å². The van der Waals surface area contributed by atoms with Crippen molar-refractivity contribution in [3.63, 3.8) is 0 Å². The van der Waals surface area contributed by atoms with Crippen LogP contribution < -0.4 is 0 Å². The molecule has 0 aromatic rings. The fourth-order valence-corrected chi connectivity index (χ4v) is 1.85. The summed E-state index contributed by atoms with van der Waals surface area (Å²) in [6.45, 7) is -0.189. The van der Waals surface area contributed by atoms with Crippen molar-refractivity contribution in [3.8, 4) is 0 Å². The molecular weight excluding hydrogens is 320 g/mol. The molecule has 0 radical (unpaired) electrons. The van der Waals surface area contributed by atoms with Crippen molar-refractivity contribution in [2.24, 2.45) is 0 Å². The van der Waals surface area contributed by atoms with E-state index >= 15 is 0 Å². The van der Waals surface area contributed by atoms with Crippen LogP contribution in [-0.2, 0) is 28.6 Å². The van der Waals surface area contributed by atoms with Gasteiger partial charge in [-0.05, 0) is 6.92 Å². The Bertz CT molecular complexity index is 501. The third-order valence-corrected chi connectivity index (χ3v) is 4.41. The Morgan fingerprint density at radius 1 is 0.947 bits per heavy atom. The highest BCUT2D eigenvalue weighted by atomic mass is 32.2. The van der Waals surface area contributed by atoms with Crippen molar-refractivity contribution in [1.82, 2.24) is 0 Å². The normalized spacial score (nSPS) is 16.4. The largest absolute Gasteiger partial charge is 0.367 e. The molecule has 6 nitrogen and oxygen atoms in total. The molecule has 0 saturated heterocycles. The van der Waals surface area contributed by atoms with Crippen LogP contribution in [0.5, 0.6) is 0 Å². The van der Waals surface area contributed by atoms with E-state index in [0.717, 1.165) is 6.92 Å². The van der Waals surface area contributed by atoms with Gasteiger partial charge in [-0.25, -0.2) is 0 Å². The number of rotatable bonds is 7. The maximum absolute atomic E-state index is 12.5. The van der Waals surface area contributed by atoms with Gasteiger partial charge in [0.1, 0.15) is 0 Å². The second-order valence-electron chi connectivity index (χ2n) is 3.72. The smallest absolute Gasteiger partial charge is 0.263 e. The molecule has 1 unspecified atom stereocenters. The van der Waals surface area contributed by atoms with E-state index < -0.39 is 43.5 Å². The fourth-order valence-electron chi connectivity index (χ4n) is 0.617. The molecule has 116 valence electrons. The topological polar surface area (TPSA) is 86.7 Å². The number of alkyl halides is 4. The maximum Gasteiger partial charge on any atom is 0.367 e. The van der Waals surface area contributed by atoms with Gasteiger partial charge in [0.05, 0.1) is 12.7 Å². The molecule has 0 rings (SSSR count). The van der Waals surface area contributed by atoms with Crippen LogP contribution in [0.15, 0.2) is 0 Å². The minimum atomic E-state index is -5.30. The van der Waals surface area contributed by atoms with Gasteiger partial charge in [-0.15, -0.1) is 0 Å². The summed E-state index contributed by atoms with van der Waals surface area (Å²) in [4.78, 5) is 0. The van der Waals surface area contributed by atoms with Gasteiger partial charge in [-0.2, -0.15) is 34.4 Å². The van der Waals surface area contributed by atoms with Gasteiger partial charge in [-0.1, -0.05) is 0 Å². The van der Waals surface area contributed by atoms with Gasteiger partial charge in [0.25, 0.3) is 0 Å². The molecule has 12 heteroatoms. The van der Waals surface area contributed by atoms with E-state index in [1.807, 2.05) is 0 Å². The van der Waals surface area contributed by atoms with Crippen LogP contribution in [0.25, 0.3) is 0 Å². The summed E-state index contributed by atoms with van der Waals surface area (Å²) in [5.41, 5.74) is 0. The molecule has 0 heterocycles. The molecule has 0 aliphatic rings. The zero-order valence-corrected chi connectivity index (χ0v) is 11.7. The van der Waals surface area contributed by atoms with Crippen LogP contribution >= 0.6 is 0 Å².